The first-order chi connectivity index (χ1) is 8.25. The second kappa shape index (κ2) is 4.35. The molecule has 3 unspecified atom stereocenters. The SMILES string of the molecule is CN1C2CCC1CC(C(O)c1cncnc1)C2. The van der Waals surface area contributed by atoms with Crippen molar-refractivity contribution in [1.29, 1.82) is 0 Å². The third-order valence-electron chi connectivity index (χ3n) is 4.50. The monoisotopic (exact) mass is 233 g/mol. The first-order valence-corrected chi connectivity index (χ1v) is 6.40. The van der Waals surface area contributed by atoms with Gasteiger partial charge in [0.1, 0.15) is 6.33 Å². The van der Waals surface area contributed by atoms with Gasteiger partial charge in [-0.05, 0) is 38.6 Å². The molecule has 2 aliphatic rings. The van der Waals surface area contributed by atoms with Crippen molar-refractivity contribution in [2.75, 3.05) is 7.05 Å². The van der Waals surface area contributed by atoms with Gasteiger partial charge in [0.05, 0.1) is 6.10 Å². The Labute approximate surface area is 102 Å². The van der Waals surface area contributed by atoms with Crippen LogP contribution in [0.1, 0.15) is 37.4 Å². The molecule has 17 heavy (non-hydrogen) atoms. The molecule has 3 atom stereocenters. The standard InChI is InChI=1S/C13H19N3O/c1-16-11-2-3-12(16)5-9(4-11)13(17)10-6-14-8-15-7-10/h6-9,11-13,17H,2-5H2,1H3. The van der Waals surface area contributed by atoms with Crippen molar-refractivity contribution in [3.63, 3.8) is 0 Å². The summed E-state index contributed by atoms with van der Waals surface area (Å²) in [5.74, 6) is 0.370. The van der Waals surface area contributed by atoms with Crippen LogP contribution in [0.3, 0.4) is 0 Å². The molecule has 2 bridgehead atoms. The van der Waals surface area contributed by atoms with Crippen LogP contribution in [0.25, 0.3) is 0 Å². The van der Waals surface area contributed by atoms with Crippen molar-refractivity contribution in [3.05, 3.63) is 24.3 Å². The molecule has 2 aliphatic heterocycles. The third kappa shape index (κ3) is 1.96. The van der Waals surface area contributed by atoms with Crippen molar-refractivity contribution < 1.29 is 5.11 Å². The van der Waals surface area contributed by atoms with Crippen molar-refractivity contribution in [2.24, 2.45) is 5.92 Å². The minimum absolute atomic E-state index is 0.370. The number of hydrogen-bond acceptors (Lipinski definition) is 4. The Kier molecular flexibility index (Phi) is 2.84. The summed E-state index contributed by atoms with van der Waals surface area (Å²) < 4.78 is 0. The van der Waals surface area contributed by atoms with E-state index >= 15 is 0 Å². The van der Waals surface area contributed by atoms with Gasteiger partial charge in [-0.25, -0.2) is 9.97 Å². The largest absolute Gasteiger partial charge is 0.388 e. The number of aliphatic hydroxyl groups is 1. The summed E-state index contributed by atoms with van der Waals surface area (Å²) in [6.07, 6.45) is 9.36. The van der Waals surface area contributed by atoms with Crippen LogP contribution in [0.2, 0.25) is 0 Å². The maximum Gasteiger partial charge on any atom is 0.115 e. The number of hydrogen-bond donors (Lipinski definition) is 1. The molecular formula is C13H19N3O. The zero-order chi connectivity index (χ0) is 11.8. The van der Waals surface area contributed by atoms with Gasteiger partial charge in [0.2, 0.25) is 0 Å². The van der Waals surface area contributed by atoms with Gasteiger partial charge in [0.15, 0.2) is 0 Å². The predicted octanol–water partition coefficient (Wildman–Crippen LogP) is 1.38. The second-order valence-electron chi connectivity index (χ2n) is 5.40. The summed E-state index contributed by atoms with van der Waals surface area (Å²) in [5, 5.41) is 10.4. The molecule has 3 heterocycles. The van der Waals surface area contributed by atoms with Crippen molar-refractivity contribution in [1.82, 2.24) is 14.9 Å². The van der Waals surface area contributed by atoms with Crippen LogP contribution >= 0.6 is 0 Å². The summed E-state index contributed by atoms with van der Waals surface area (Å²) in [6, 6.07) is 1.33. The smallest absolute Gasteiger partial charge is 0.115 e. The molecule has 4 heteroatoms. The van der Waals surface area contributed by atoms with Crippen molar-refractivity contribution >= 4 is 0 Å². The van der Waals surface area contributed by atoms with E-state index in [0.717, 1.165) is 18.4 Å². The molecule has 0 radical (unpaired) electrons. The summed E-state index contributed by atoms with van der Waals surface area (Å²) in [4.78, 5) is 10.5. The average molecular weight is 233 g/mol. The Hall–Kier alpha value is -1.00. The molecule has 1 aromatic rings. The van der Waals surface area contributed by atoms with E-state index in [2.05, 4.69) is 21.9 Å². The lowest BCUT2D eigenvalue weighted by Gasteiger charge is -2.38. The zero-order valence-corrected chi connectivity index (χ0v) is 10.2. The molecular weight excluding hydrogens is 214 g/mol. The van der Waals surface area contributed by atoms with Gasteiger partial charge < -0.3 is 10.0 Å². The Morgan fingerprint density at radius 1 is 1.24 bits per heavy atom. The number of piperidine rings is 1. The van der Waals surface area contributed by atoms with Crippen LogP contribution < -0.4 is 0 Å². The lowest BCUT2D eigenvalue weighted by molar-refractivity contribution is 0.0352. The Morgan fingerprint density at radius 2 is 1.82 bits per heavy atom. The lowest BCUT2D eigenvalue weighted by atomic mass is 9.84. The molecule has 0 spiro atoms. The van der Waals surface area contributed by atoms with Crippen LogP contribution in [0.4, 0.5) is 0 Å². The molecule has 92 valence electrons. The molecule has 0 aromatic carbocycles. The molecule has 2 fully saturated rings. The van der Waals surface area contributed by atoms with E-state index in [4.69, 9.17) is 0 Å². The third-order valence-corrected chi connectivity index (χ3v) is 4.50. The summed E-state index contributed by atoms with van der Waals surface area (Å²) in [7, 11) is 2.22. The van der Waals surface area contributed by atoms with Crippen molar-refractivity contribution in [2.45, 2.75) is 43.9 Å². The summed E-state index contributed by atoms with van der Waals surface area (Å²) >= 11 is 0. The fourth-order valence-corrected chi connectivity index (χ4v) is 3.45. The molecule has 1 aromatic heterocycles. The van der Waals surface area contributed by atoms with Gasteiger partial charge >= 0.3 is 0 Å². The van der Waals surface area contributed by atoms with E-state index in [1.165, 1.54) is 19.2 Å². The minimum Gasteiger partial charge on any atom is -0.388 e. The molecule has 2 saturated heterocycles. The maximum absolute atomic E-state index is 10.4. The van der Waals surface area contributed by atoms with Gasteiger partial charge in [-0.1, -0.05) is 0 Å². The fraction of sp³-hybridized carbons (Fsp3) is 0.692. The van der Waals surface area contributed by atoms with E-state index in [1.54, 1.807) is 12.4 Å². The molecule has 0 amide bonds. The summed E-state index contributed by atoms with van der Waals surface area (Å²) in [6.45, 7) is 0. The Bertz CT molecular complexity index is 370. The first kappa shape index (κ1) is 11.1. The van der Waals surface area contributed by atoms with Gasteiger partial charge in [-0.2, -0.15) is 0 Å². The quantitative estimate of drug-likeness (QED) is 0.838. The number of aliphatic hydroxyl groups excluding tert-OH is 1. The van der Waals surface area contributed by atoms with Crippen molar-refractivity contribution in [3.8, 4) is 0 Å². The van der Waals surface area contributed by atoms with E-state index < -0.39 is 6.10 Å². The molecule has 1 N–H and O–H groups in total. The normalized spacial score (nSPS) is 34.8. The highest BCUT2D eigenvalue weighted by Gasteiger charge is 2.40. The number of fused-ring (bicyclic) bond motifs is 2. The van der Waals surface area contributed by atoms with Crippen LogP contribution in [-0.2, 0) is 0 Å². The Morgan fingerprint density at radius 3 is 2.41 bits per heavy atom. The van der Waals surface area contributed by atoms with E-state index in [-0.39, 0.29) is 0 Å². The number of nitrogens with zero attached hydrogens (tertiary/aromatic N) is 3. The maximum atomic E-state index is 10.4. The van der Waals surface area contributed by atoms with Gasteiger partial charge in [-0.3, -0.25) is 0 Å². The number of rotatable bonds is 2. The van der Waals surface area contributed by atoms with Crippen LogP contribution in [0.15, 0.2) is 18.7 Å². The first-order valence-electron chi connectivity index (χ1n) is 6.40. The average Bonchev–Trinajstić information content (AvgIpc) is 2.61. The highest BCUT2D eigenvalue weighted by molar-refractivity contribution is 5.10. The minimum atomic E-state index is -0.395. The van der Waals surface area contributed by atoms with E-state index in [9.17, 15) is 5.11 Å². The van der Waals surface area contributed by atoms with Crippen LogP contribution in [0.5, 0.6) is 0 Å². The summed E-state index contributed by atoms with van der Waals surface area (Å²) in [5.41, 5.74) is 0.862. The topological polar surface area (TPSA) is 49.2 Å². The highest BCUT2D eigenvalue weighted by atomic mass is 16.3. The Balaban J connectivity index is 1.74. The lowest BCUT2D eigenvalue weighted by Crippen LogP contribution is -2.41. The molecule has 3 rings (SSSR count). The molecule has 0 saturated carbocycles. The van der Waals surface area contributed by atoms with E-state index in [1.807, 2.05) is 0 Å². The fourth-order valence-electron chi connectivity index (χ4n) is 3.45. The highest BCUT2D eigenvalue weighted by Crippen LogP contribution is 2.42. The molecule has 0 aliphatic carbocycles. The molecule has 4 nitrogen and oxygen atoms in total. The van der Waals surface area contributed by atoms with Crippen LogP contribution in [-0.4, -0.2) is 39.1 Å². The second-order valence-corrected chi connectivity index (χ2v) is 5.40. The number of aromatic nitrogens is 2. The van der Waals surface area contributed by atoms with Gasteiger partial charge in [0, 0.05) is 30.0 Å². The van der Waals surface area contributed by atoms with Gasteiger partial charge in [0.25, 0.3) is 0 Å². The zero-order valence-electron chi connectivity index (χ0n) is 10.2. The predicted molar refractivity (Wildman–Crippen MR) is 64.3 cm³/mol. The van der Waals surface area contributed by atoms with E-state index in [0.29, 0.717) is 18.0 Å². The van der Waals surface area contributed by atoms with Gasteiger partial charge in [-0.15, -0.1) is 0 Å². The van der Waals surface area contributed by atoms with Crippen LogP contribution in [0, 0.1) is 5.92 Å².